The average molecular weight is 412 g/mol. The fourth-order valence-electron chi connectivity index (χ4n) is 2.26. The maximum atomic E-state index is 12.7. The van der Waals surface area contributed by atoms with Gasteiger partial charge in [-0.1, -0.05) is 18.2 Å². The first kappa shape index (κ1) is 20.8. The molecule has 0 amide bonds. The zero-order valence-corrected chi connectivity index (χ0v) is 16.6. The van der Waals surface area contributed by atoms with Crippen LogP contribution in [0.3, 0.4) is 0 Å². The van der Waals surface area contributed by atoms with Gasteiger partial charge in [0.1, 0.15) is 0 Å². The van der Waals surface area contributed by atoms with Crippen molar-refractivity contribution in [2.45, 2.75) is 17.6 Å². The largest absolute Gasteiger partial charge is 0.403 e. The van der Waals surface area contributed by atoms with Crippen LogP contribution in [0.15, 0.2) is 52.4 Å². The number of nitrogens with zero attached hydrogens (tertiary/aromatic N) is 2. The third-order valence-corrected chi connectivity index (χ3v) is 6.41. The monoisotopic (exact) mass is 411 g/mol. The first-order chi connectivity index (χ1) is 12.9. The normalized spacial score (nSPS) is 12.4. The van der Waals surface area contributed by atoms with E-state index in [0.29, 0.717) is 12.3 Å². The standard InChI is InChI=1S/C16H21N5O4S2/c1-12-14(20-11-19-12)10-26-9-8-18-15(17-2)16(21(22)23)27(24,25)13-6-4-3-5-7-13/h3-7,11,17-18H,8-10H2,1-2H3,(H,19,20)/b16-15-. The number of imidazole rings is 1. The van der Waals surface area contributed by atoms with Crippen LogP contribution in [0.2, 0.25) is 0 Å². The van der Waals surface area contributed by atoms with Crippen molar-refractivity contribution < 1.29 is 13.3 Å². The molecule has 1 heterocycles. The molecular weight excluding hydrogens is 390 g/mol. The fourth-order valence-corrected chi connectivity index (χ4v) is 4.53. The molecule has 27 heavy (non-hydrogen) atoms. The topological polar surface area (TPSA) is 130 Å². The molecule has 11 heteroatoms. The molecule has 0 saturated heterocycles. The Morgan fingerprint density at radius 1 is 1.33 bits per heavy atom. The zero-order valence-electron chi connectivity index (χ0n) is 14.9. The summed E-state index contributed by atoms with van der Waals surface area (Å²) in [4.78, 5) is 17.6. The van der Waals surface area contributed by atoms with Crippen LogP contribution in [0.25, 0.3) is 0 Å². The van der Waals surface area contributed by atoms with Gasteiger partial charge in [-0.05, 0) is 19.1 Å². The molecule has 0 aliphatic carbocycles. The van der Waals surface area contributed by atoms with Crippen molar-refractivity contribution in [3.05, 3.63) is 69.0 Å². The van der Waals surface area contributed by atoms with Gasteiger partial charge in [-0.2, -0.15) is 11.8 Å². The molecular formula is C16H21N5O4S2. The van der Waals surface area contributed by atoms with Crippen molar-refractivity contribution in [2.24, 2.45) is 0 Å². The van der Waals surface area contributed by atoms with Crippen molar-refractivity contribution in [3.63, 3.8) is 0 Å². The van der Waals surface area contributed by atoms with Crippen LogP contribution in [0.4, 0.5) is 0 Å². The van der Waals surface area contributed by atoms with Crippen molar-refractivity contribution in [3.8, 4) is 0 Å². The van der Waals surface area contributed by atoms with Crippen molar-refractivity contribution in [1.82, 2.24) is 20.6 Å². The van der Waals surface area contributed by atoms with E-state index >= 15 is 0 Å². The minimum absolute atomic E-state index is 0.129. The number of nitrogens with one attached hydrogen (secondary N) is 3. The average Bonchev–Trinajstić information content (AvgIpc) is 3.05. The summed E-state index contributed by atoms with van der Waals surface area (Å²) in [6.45, 7) is 2.26. The Morgan fingerprint density at radius 3 is 2.59 bits per heavy atom. The van der Waals surface area contributed by atoms with Crippen LogP contribution in [-0.2, 0) is 15.6 Å². The first-order valence-corrected chi connectivity index (χ1v) is 10.7. The number of aromatic nitrogens is 2. The maximum Gasteiger partial charge on any atom is 0.403 e. The van der Waals surface area contributed by atoms with Gasteiger partial charge in [0.2, 0.25) is 0 Å². The Hall–Kier alpha value is -2.53. The SMILES string of the molecule is CN/C(NCCSCc1[nH]cnc1C)=C(\[N+](=O)[O-])S(=O)(=O)c1ccccc1. The van der Waals surface area contributed by atoms with E-state index in [2.05, 4.69) is 20.6 Å². The molecule has 0 atom stereocenters. The summed E-state index contributed by atoms with van der Waals surface area (Å²) in [5, 5.41) is 16.0. The Labute approximate surface area is 161 Å². The number of aromatic amines is 1. The third kappa shape index (κ3) is 5.23. The highest BCUT2D eigenvalue weighted by atomic mass is 32.2. The number of H-pyrrole nitrogens is 1. The van der Waals surface area contributed by atoms with Gasteiger partial charge in [0, 0.05) is 30.8 Å². The Balaban J connectivity index is 2.09. The second kappa shape index (κ2) is 9.42. The molecule has 2 rings (SSSR count). The number of thioether (sulfide) groups is 1. The second-order valence-electron chi connectivity index (χ2n) is 5.45. The van der Waals surface area contributed by atoms with Crippen LogP contribution in [0.1, 0.15) is 11.4 Å². The van der Waals surface area contributed by atoms with Crippen molar-refractivity contribution in [1.29, 1.82) is 0 Å². The summed E-state index contributed by atoms with van der Waals surface area (Å²) < 4.78 is 25.3. The molecule has 0 aliphatic heterocycles. The summed E-state index contributed by atoms with van der Waals surface area (Å²) >= 11 is 1.60. The summed E-state index contributed by atoms with van der Waals surface area (Å²) in [5.41, 5.74) is 1.94. The van der Waals surface area contributed by atoms with Gasteiger partial charge in [0.25, 0.3) is 9.84 Å². The van der Waals surface area contributed by atoms with Crippen LogP contribution >= 0.6 is 11.8 Å². The summed E-state index contributed by atoms with van der Waals surface area (Å²) in [5.74, 6) is 1.21. The summed E-state index contributed by atoms with van der Waals surface area (Å²) in [6.07, 6.45) is 1.63. The minimum Gasteiger partial charge on any atom is -0.369 e. The number of nitro groups is 1. The number of benzene rings is 1. The lowest BCUT2D eigenvalue weighted by Crippen LogP contribution is -2.31. The van der Waals surface area contributed by atoms with E-state index < -0.39 is 19.8 Å². The lowest BCUT2D eigenvalue weighted by Gasteiger charge is -2.11. The summed E-state index contributed by atoms with van der Waals surface area (Å²) in [6, 6.07) is 7.34. The van der Waals surface area contributed by atoms with Gasteiger partial charge < -0.3 is 15.6 Å². The Kier molecular flexibility index (Phi) is 7.25. The van der Waals surface area contributed by atoms with E-state index in [1.807, 2.05) is 6.92 Å². The lowest BCUT2D eigenvalue weighted by molar-refractivity contribution is -0.413. The van der Waals surface area contributed by atoms with Crippen LogP contribution in [0, 0.1) is 17.0 Å². The molecule has 0 unspecified atom stereocenters. The molecule has 1 aromatic heterocycles. The number of sulfone groups is 1. The van der Waals surface area contributed by atoms with Gasteiger partial charge in [0.15, 0.2) is 5.82 Å². The molecule has 2 aromatic rings. The van der Waals surface area contributed by atoms with Gasteiger partial charge in [-0.25, -0.2) is 13.4 Å². The van der Waals surface area contributed by atoms with E-state index in [9.17, 15) is 18.5 Å². The smallest absolute Gasteiger partial charge is 0.369 e. The number of hydrogen-bond donors (Lipinski definition) is 3. The molecule has 1 aromatic carbocycles. The summed E-state index contributed by atoms with van der Waals surface area (Å²) in [7, 11) is -2.82. The highest BCUT2D eigenvalue weighted by molar-refractivity contribution is 7.98. The van der Waals surface area contributed by atoms with Crippen molar-refractivity contribution >= 4 is 21.6 Å². The number of rotatable bonds is 10. The lowest BCUT2D eigenvalue weighted by atomic mass is 10.4. The second-order valence-corrected chi connectivity index (χ2v) is 8.42. The highest BCUT2D eigenvalue weighted by Crippen LogP contribution is 2.21. The van der Waals surface area contributed by atoms with Gasteiger partial charge >= 0.3 is 5.03 Å². The molecule has 0 aliphatic rings. The molecule has 146 valence electrons. The van der Waals surface area contributed by atoms with E-state index in [-0.39, 0.29) is 10.7 Å². The van der Waals surface area contributed by atoms with E-state index in [0.717, 1.165) is 17.1 Å². The Bertz CT molecular complexity index is 910. The highest BCUT2D eigenvalue weighted by Gasteiger charge is 2.35. The molecule has 3 N–H and O–H groups in total. The minimum atomic E-state index is -4.26. The fraction of sp³-hybridized carbons (Fsp3) is 0.312. The molecule has 0 fully saturated rings. The van der Waals surface area contributed by atoms with Gasteiger partial charge in [0.05, 0.1) is 21.8 Å². The quantitative estimate of drug-likeness (QED) is 0.306. The maximum absolute atomic E-state index is 12.7. The first-order valence-electron chi connectivity index (χ1n) is 8.05. The van der Waals surface area contributed by atoms with E-state index in [1.165, 1.54) is 31.3 Å². The van der Waals surface area contributed by atoms with Crippen LogP contribution < -0.4 is 10.6 Å². The zero-order chi connectivity index (χ0) is 19.9. The van der Waals surface area contributed by atoms with Crippen LogP contribution in [0.5, 0.6) is 0 Å². The Morgan fingerprint density at radius 2 is 2.04 bits per heavy atom. The number of hydrogen-bond acceptors (Lipinski definition) is 8. The number of aryl methyl sites for hydroxylation is 1. The third-order valence-electron chi connectivity index (χ3n) is 3.67. The molecule has 0 radical (unpaired) electrons. The van der Waals surface area contributed by atoms with Crippen LogP contribution in [-0.4, -0.2) is 42.7 Å². The van der Waals surface area contributed by atoms with E-state index in [1.54, 1.807) is 24.2 Å². The van der Waals surface area contributed by atoms with Crippen molar-refractivity contribution in [2.75, 3.05) is 19.3 Å². The molecule has 0 saturated carbocycles. The van der Waals surface area contributed by atoms with Gasteiger partial charge in [-0.15, -0.1) is 0 Å². The predicted octanol–water partition coefficient (Wildman–Crippen LogP) is 1.64. The molecule has 0 spiro atoms. The van der Waals surface area contributed by atoms with Gasteiger partial charge in [-0.3, -0.25) is 10.1 Å². The molecule has 0 bridgehead atoms. The predicted molar refractivity (Wildman–Crippen MR) is 104 cm³/mol. The van der Waals surface area contributed by atoms with E-state index in [4.69, 9.17) is 0 Å². The molecule has 9 nitrogen and oxygen atoms in total.